The third-order valence-corrected chi connectivity index (χ3v) is 9.41. The predicted octanol–water partition coefficient (Wildman–Crippen LogP) is 3.21. The molecule has 0 saturated carbocycles. The molecular weight excluding hydrogens is 626 g/mol. The summed E-state index contributed by atoms with van der Waals surface area (Å²) in [7, 11) is 3.05. The lowest BCUT2D eigenvalue weighted by Crippen LogP contribution is -2.72. The van der Waals surface area contributed by atoms with Crippen molar-refractivity contribution in [2.45, 2.75) is 101 Å². The number of ether oxygens (including phenoxy) is 10. The van der Waals surface area contributed by atoms with Crippen molar-refractivity contribution in [3.05, 3.63) is 71.8 Å². The zero-order valence-electron chi connectivity index (χ0n) is 28.0. The van der Waals surface area contributed by atoms with Gasteiger partial charge in [0.25, 0.3) is 0 Å². The number of aliphatic hydroxyl groups is 1. The highest BCUT2D eigenvalue weighted by Gasteiger charge is 2.66. The molecule has 1 N–H and O–H groups in total. The van der Waals surface area contributed by atoms with Crippen molar-refractivity contribution in [3.8, 4) is 0 Å². The Kier molecular flexibility index (Phi) is 11.3. The standard InChI is InChI=1S/C35H47NO12/c1-21-27-32(48-35(2,3)47-27)31(41-17-22-12-8-6-9-13-22)26(36(21)34(38)42-18-23-14-10-7-11-15-23)29(43-19-39-4)25-28-24(16-37)45-33(46-28)30(25)44-20-40-5/h6-15,21,24-33,37H,16-20H2,1-5H3/t21-,24-,25-,26+,27+,28+,29+,30-,31+,32+,33+/m1/s1. The first-order chi connectivity index (χ1) is 23.3. The SMILES string of the molecule is COCO[C@H]1[C@@H]2O[C@H]([C@@H]1[C@H](OCOC)[C@H]1[C@H](OCc3ccccc3)[C@H]3OC(C)(C)O[C@H]3[C@@H](C)N1C(=O)OCc1ccccc1)[C@@H](CO)O2. The molecule has 2 aromatic carbocycles. The number of amides is 1. The molecule has 4 saturated heterocycles. The first kappa shape index (κ1) is 35.1. The van der Waals surface area contributed by atoms with Gasteiger partial charge in [-0.25, -0.2) is 4.79 Å². The molecule has 4 aliphatic rings. The van der Waals surface area contributed by atoms with E-state index < -0.39 is 78.9 Å². The molecule has 0 aliphatic carbocycles. The Balaban J connectivity index is 1.43. The first-order valence-corrected chi connectivity index (χ1v) is 16.4. The van der Waals surface area contributed by atoms with E-state index in [2.05, 4.69) is 0 Å². The van der Waals surface area contributed by atoms with E-state index in [1.165, 1.54) is 14.2 Å². The van der Waals surface area contributed by atoms with Crippen molar-refractivity contribution in [2.75, 3.05) is 34.4 Å². The van der Waals surface area contributed by atoms with Gasteiger partial charge < -0.3 is 52.5 Å². The number of piperidine rings is 1. The highest BCUT2D eigenvalue weighted by molar-refractivity contribution is 5.69. The van der Waals surface area contributed by atoms with Gasteiger partial charge >= 0.3 is 6.09 Å². The van der Waals surface area contributed by atoms with Crippen LogP contribution in [0.5, 0.6) is 0 Å². The van der Waals surface area contributed by atoms with Crippen LogP contribution < -0.4 is 0 Å². The number of methoxy groups -OCH3 is 2. The van der Waals surface area contributed by atoms with Gasteiger partial charge in [-0.15, -0.1) is 0 Å². The smallest absolute Gasteiger partial charge is 0.410 e. The van der Waals surface area contributed by atoms with E-state index >= 15 is 0 Å². The lowest BCUT2D eigenvalue weighted by Gasteiger charge is -2.52. The maximum absolute atomic E-state index is 14.4. The molecule has 6 rings (SSSR count). The van der Waals surface area contributed by atoms with Crippen LogP contribution in [0.25, 0.3) is 0 Å². The average Bonchev–Trinajstić information content (AvgIpc) is 3.78. The maximum Gasteiger partial charge on any atom is 0.410 e. The van der Waals surface area contributed by atoms with Gasteiger partial charge in [-0.1, -0.05) is 60.7 Å². The van der Waals surface area contributed by atoms with E-state index in [0.29, 0.717) is 0 Å². The van der Waals surface area contributed by atoms with Gasteiger partial charge in [0.2, 0.25) is 0 Å². The highest BCUT2D eigenvalue weighted by Crippen LogP contribution is 2.48. The molecule has 4 heterocycles. The minimum absolute atomic E-state index is 0.0361. The number of nitrogens with zero attached hydrogens (tertiary/aromatic N) is 1. The minimum atomic E-state index is -0.954. The third-order valence-electron chi connectivity index (χ3n) is 9.41. The summed E-state index contributed by atoms with van der Waals surface area (Å²) in [6, 6.07) is 17.9. The largest absolute Gasteiger partial charge is 0.445 e. The molecule has 13 nitrogen and oxygen atoms in total. The number of carbonyl (C=O) groups is 1. The number of hydrogen-bond acceptors (Lipinski definition) is 12. The van der Waals surface area contributed by atoms with Crippen LogP contribution in [0.2, 0.25) is 0 Å². The van der Waals surface area contributed by atoms with Crippen molar-refractivity contribution < 1.29 is 57.3 Å². The summed E-state index contributed by atoms with van der Waals surface area (Å²) in [5, 5.41) is 10.3. The van der Waals surface area contributed by atoms with Gasteiger partial charge in [0.05, 0.1) is 37.5 Å². The van der Waals surface area contributed by atoms with E-state index in [0.717, 1.165) is 11.1 Å². The molecule has 0 radical (unpaired) electrons. The summed E-state index contributed by atoms with van der Waals surface area (Å²) < 4.78 is 61.4. The predicted molar refractivity (Wildman–Crippen MR) is 168 cm³/mol. The Bertz CT molecular complexity index is 1320. The van der Waals surface area contributed by atoms with E-state index in [9.17, 15) is 9.90 Å². The fraction of sp³-hybridized carbons (Fsp3) is 0.629. The van der Waals surface area contributed by atoms with Gasteiger partial charge in [0.1, 0.15) is 50.7 Å². The van der Waals surface area contributed by atoms with Crippen molar-refractivity contribution in [2.24, 2.45) is 5.92 Å². The van der Waals surface area contributed by atoms with E-state index in [1.54, 1.807) is 4.90 Å². The zero-order valence-corrected chi connectivity index (χ0v) is 28.0. The van der Waals surface area contributed by atoms with Crippen LogP contribution in [0.15, 0.2) is 60.7 Å². The molecular formula is C35H47NO12. The molecule has 4 fully saturated rings. The Hall–Kier alpha value is -2.69. The molecule has 0 unspecified atom stereocenters. The van der Waals surface area contributed by atoms with Crippen LogP contribution in [0.3, 0.4) is 0 Å². The average molecular weight is 674 g/mol. The molecule has 11 atom stereocenters. The fourth-order valence-corrected chi connectivity index (χ4v) is 7.44. The summed E-state index contributed by atoms with van der Waals surface area (Å²) in [6.07, 6.45) is -6.04. The van der Waals surface area contributed by atoms with Gasteiger partial charge in [-0.2, -0.15) is 0 Å². The molecule has 0 spiro atoms. The van der Waals surface area contributed by atoms with Crippen molar-refractivity contribution in [3.63, 3.8) is 0 Å². The normalized spacial score (nSPS) is 34.2. The summed E-state index contributed by atoms with van der Waals surface area (Å²) in [4.78, 5) is 16.1. The minimum Gasteiger partial charge on any atom is -0.445 e. The first-order valence-electron chi connectivity index (χ1n) is 16.4. The Morgan fingerprint density at radius 3 is 2.15 bits per heavy atom. The number of hydrogen-bond donors (Lipinski definition) is 1. The fourth-order valence-electron chi connectivity index (χ4n) is 7.44. The summed E-state index contributed by atoms with van der Waals surface area (Å²) in [6.45, 7) is 5.47. The van der Waals surface area contributed by atoms with Crippen molar-refractivity contribution in [1.29, 1.82) is 0 Å². The molecule has 264 valence electrons. The zero-order chi connectivity index (χ0) is 33.8. The Labute approximate surface area is 281 Å². The molecule has 48 heavy (non-hydrogen) atoms. The molecule has 0 aromatic heterocycles. The lowest BCUT2D eigenvalue weighted by molar-refractivity contribution is -0.230. The summed E-state index contributed by atoms with van der Waals surface area (Å²) in [5.41, 5.74) is 1.78. The summed E-state index contributed by atoms with van der Waals surface area (Å²) in [5.74, 6) is -1.51. The Morgan fingerprint density at radius 1 is 0.854 bits per heavy atom. The van der Waals surface area contributed by atoms with Gasteiger partial charge in [-0.05, 0) is 31.9 Å². The number of fused-ring (bicyclic) bond motifs is 3. The molecule has 2 aromatic rings. The van der Waals surface area contributed by atoms with Gasteiger partial charge in [0.15, 0.2) is 12.1 Å². The van der Waals surface area contributed by atoms with Crippen LogP contribution in [-0.4, -0.2) is 117 Å². The van der Waals surface area contributed by atoms with Crippen LogP contribution in [0.1, 0.15) is 31.9 Å². The topological polar surface area (TPSA) is 133 Å². The molecule has 1 amide bonds. The molecule has 2 bridgehead atoms. The van der Waals surface area contributed by atoms with Crippen molar-refractivity contribution in [1.82, 2.24) is 4.90 Å². The van der Waals surface area contributed by atoms with Gasteiger partial charge in [0, 0.05) is 20.1 Å². The lowest BCUT2D eigenvalue weighted by atomic mass is 9.77. The number of benzene rings is 2. The van der Waals surface area contributed by atoms with Gasteiger partial charge in [-0.3, -0.25) is 4.90 Å². The quantitative estimate of drug-likeness (QED) is 0.296. The number of rotatable bonds is 14. The maximum atomic E-state index is 14.4. The third kappa shape index (κ3) is 7.26. The second-order valence-corrected chi connectivity index (χ2v) is 13.0. The molecule has 13 heteroatoms. The number of likely N-dealkylation sites (tertiary alicyclic amines) is 1. The second-order valence-electron chi connectivity index (χ2n) is 13.0. The van der Waals surface area contributed by atoms with Crippen molar-refractivity contribution >= 4 is 6.09 Å². The van der Waals surface area contributed by atoms with Crippen LogP contribution >= 0.6 is 0 Å². The number of aliphatic hydroxyl groups excluding tert-OH is 1. The number of carbonyl (C=O) groups excluding carboxylic acids is 1. The van der Waals surface area contributed by atoms with E-state index in [1.807, 2.05) is 81.4 Å². The molecule has 4 aliphatic heterocycles. The Morgan fingerprint density at radius 2 is 1.50 bits per heavy atom. The highest BCUT2D eigenvalue weighted by atomic mass is 16.8. The van der Waals surface area contributed by atoms with Crippen LogP contribution in [-0.2, 0) is 60.6 Å². The van der Waals surface area contributed by atoms with Crippen LogP contribution in [0, 0.1) is 5.92 Å². The monoisotopic (exact) mass is 673 g/mol. The summed E-state index contributed by atoms with van der Waals surface area (Å²) >= 11 is 0. The van der Waals surface area contributed by atoms with E-state index in [4.69, 9.17) is 47.4 Å². The van der Waals surface area contributed by atoms with Crippen LogP contribution in [0.4, 0.5) is 4.79 Å². The van der Waals surface area contributed by atoms with E-state index in [-0.39, 0.29) is 33.4 Å². The second kappa shape index (κ2) is 15.5.